The Balaban J connectivity index is 2.30. The molecule has 2 rings (SSSR count). The number of fused-ring (bicyclic) bond motifs is 1. The standard InChI is InChI=1S/C10H18N4/c1-3-9-12-13-10-6-4-5-8(7-11-2)14(9)10/h8,11H,3-7H2,1-2H3. The molecule has 1 unspecified atom stereocenters. The molecule has 0 fully saturated rings. The van der Waals surface area contributed by atoms with E-state index >= 15 is 0 Å². The fraction of sp³-hybridized carbons (Fsp3) is 0.800. The van der Waals surface area contributed by atoms with Crippen molar-refractivity contribution in [2.75, 3.05) is 13.6 Å². The van der Waals surface area contributed by atoms with E-state index in [1.165, 1.54) is 18.7 Å². The summed E-state index contributed by atoms with van der Waals surface area (Å²) in [5.41, 5.74) is 0. The van der Waals surface area contributed by atoms with Crippen molar-refractivity contribution in [3.63, 3.8) is 0 Å². The van der Waals surface area contributed by atoms with E-state index in [9.17, 15) is 0 Å². The lowest BCUT2D eigenvalue weighted by Crippen LogP contribution is -2.28. The van der Waals surface area contributed by atoms with Gasteiger partial charge in [0, 0.05) is 25.4 Å². The van der Waals surface area contributed by atoms with E-state index in [-0.39, 0.29) is 0 Å². The molecule has 0 bridgehead atoms. The van der Waals surface area contributed by atoms with Crippen molar-refractivity contribution in [1.82, 2.24) is 20.1 Å². The monoisotopic (exact) mass is 194 g/mol. The van der Waals surface area contributed by atoms with E-state index in [2.05, 4.69) is 27.0 Å². The summed E-state index contributed by atoms with van der Waals surface area (Å²) in [5, 5.41) is 11.7. The minimum Gasteiger partial charge on any atom is -0.318 e. The minimum atomic E-state index is 0.564. The Bertz CT molecular complexity index is 292. The largest absolute Gasteiger partial charge is 0.318 e. The molecule has 0 aromatic carbocycles. The average Bonchev–Trinajstić information content (AvgIpc) is 2.62. The molecule has 0 spiro atoms. The summed E-state index contributed by atoms with van der Waals surface area (Å²) >= 11 is 0. The van der Waals surface area contributed by atoms with Crippen molar-refractivity contribution in [3.8, 4) is 0 Å². The summed E-state index contributed by atoms with van der Waals surface area (Å²) in [5.74, 6) is 2.31. The van der Waals surface area contributed by atoms with Gasteiger partial charge in [0.25, 0.3) is 0 Å². The van der Waals surface area contributed by atoms with Gasteiger partial charge < -0.3 is 9.88 Å². The lowest BCUT2D eigenvalue weighted by Gasteiger charge is -2.25. The van der Waals surface area contributed by atoms with Crippen LogP contribution in [0.15, 0.2) is 0 Å². The Labute approximate surface area is 84.7 Å². The average molecular weight is 194 g/mol. The minimum absolute atomic E-state index is 0.564. The molecule has 14 heavy (non-hydrogen) atoms. The van der Waals surface area contributed by atoms with E-state index in [1.807, 2.05) is 7.05 Å². The molecule has 0 amide bonds. The quantitative estimate of drug-likeness (QED) is 0.778. The molecule has 78 valence electrons. The second-order valence-corrected chi connectivity index (χ2v) is 3.86. The van der Waals surface area contributed by atoms with Gasteiger partial charge in [-0.25, -0.2) is 0 Å². The second kappa shape index (κ2) is 4.09. The molecule has 1 aliphatic heterocycles. The maximum absolute atomic E-state index is 4.25. The maximum atomic E-state index is 4.25. The Morgan fingerprint density at radius 1 is 1.50 bits per heavy atom. The van der Waals surface area contributed by atoms with Crippen LogP contribution in [-0.2, 0) is 12.8 Å². The van der Waals surface area contributed by atoms with Crippen LogP contribution in [0.1, 0.15) is 37.5 Å². The van der Waals surface area contributed by atoms with Crippen LogP contribution in [0, 0.1) is 0 Å². The third-order valence-electron chi connectivity index (χ3n) is 2.90. The van der Waals surface area contributed by atoms with Gasteiger partial charge in [-0.15, -0.1) is 10.2 Å². The number of rotatable bonds is 3. The molecule has 1 N–H and O–H groups in total. The van der Waals surface area contributed by atoms with E-state index in [1.54, 1.807) is 0 Å². The van der Waals surface area contributed by atoms with Crippen molar-refractivity contribution in [2.45, 2.75) is 38.6 Å². The summed E-state index contributed by atoms with van der Waals surface area (Å²) in [4.78, 5) is 0. The van der Waals surface area contributed by atoms with E-state index in [4.69, 9.17) is 0 Å². The van der Waals surface area contributed by atoms with Gasteiger partial charge >= 0.3 is 0 Å². The first kappa shape index (κ1) is 9.65. The van der Waals surface area contributed by atoms with Crippen LogP contribution in [0.3, 0.4) is 0 Å². The first-order valence-electron chi connectivity index (χ1n) is 5.44. The molecular weight excluding hydrogens is 176 g/mol. The molecule has 4 nitrogen and oxygen atoms in total. The Hall–Kier alpha value is -0.900. The number of aryl methyl sites for hydroxylation is 2. The van der Waals surface area contributed by atoms with Crippen LogP contribution in [0.4, 0.5) is 0 Å². The fourth-order valence-electron chi connectivity index (χ4n) is 2.25. The summed E-state index contributed by atoms with van der Waals surface area (Å²) in [6.07, 6.45) is 4.56. The molecule has 0 saturated heterocycles. The summed E-state index contributed by atoms with van der Waals surface area (Å²) < 4.78 is 2.33. The van der Waals surface area contributed by atoms with Crippen molar-refractivity contribution in [2.24, 2.45) is 0 Å². The predicted octanol–water partition coefficient (Wildman–Crippen LogP) is 0.937. The molecular formula is C10H18N4. The summed E-state index contributed by atoms with van der Waals surface area (Å²) in [6.45, 7) is 3.17. The number of hydrogen-bond donors (Lipinski definition) is 1. The molecule has 1 aliphatic rings. The highest BCUT2D eigenvalue weighted by Crippen LogP contribution is 2.24. The summed E-state index contributed by atoms with van der Waals surface area (Å²) in [7, 11) is 2.00. The second-order valence-electron chi connectivity index (χ2n) is 3.86. The maximum Gasteiger partial charge on any atom is 0.133 e. The van der Waals surface area contributed by atoms with Gasteiger partial charge in [-0.3, -0.25) is 0 Å². The van der Waals surface area contributed by atoms with E-state index in [0.717, 1.165) is 25.2 Å². The Kier molecular flexibility index (Phi) is 2.82. The first-order valence-corrected chi connectivity index (χ1v) is 5.44. The molecule has 0 saturated carbocycles. The lowest BCUT2D eigenvalue weighted by molar-refractivity contribution is 0.376. The lowest BCUT2D eigenvalue weighted by atomic mass is 10.0. The van der Waals surface area contributed by atoms with Gasteiger partial charge in [-0.1, -0.05) is 6.92 Å². The highest BCUT2D eigenvalue weighted by Gasteiger charge is 2.22. The normalized spacial score (nSPS) is 20.9. The third kappa shape index (κ3) is 1.54. The third-order valence-corrected chi connectivity index (χ3v) is 2.90. The zero-order valence-electron chi connectivity index (χ0n) is 8.95. The molecule has 1 aromatic rings. The van der Waals surface area contributed by atoms with E-state index < -0.39 is 0 Å². The number of nitrogens with zero attached hydrogens (tertiary/aromatic N) is 3. The smallest absolute Gasteiger partial charge is 0.133 e. The zero-order valence-corrected chi connectivity index (χ0v) is 8.95. The topological polar surface area (TPSA) is 42.7 Å². The molecule has 2 heterocycles. The highest BCUT2D eigenvalue weighted by atomic mass is 15.3. The Morgan fingerprint density at radius 2 is 2.36 bits per heavy atom. The van der Waals surface area contributed by atoms with Crippen LogP contribution in [0.25, 0.3) is 0 Å². The summed E-state index contributed by atoms with van der Waals surface area (Å²) in [6, 6.07) is 0.564. The highest BCUT2D eigenvalue weighted by molar-refractivity contribution is 5.02. The zero-order chi connectivity index (χ0) is 9.97. The van der Waals surface area contributed by atoms with Crippen LogP contribution in [0.2, 0.25) is 0 Å². The van der Waals surface area contributed by atoms with Crippen LogP contribution >= 0.6 is 0 Å². The number of likely N-dealkylation sites (N-methyl/N-ethyl adjacent to an activating group) is 1. The van der Waals surface area contributed by atoms with Crippen molar-refractivity contribution < 1.29 is 0 Å². The van der Waals surface area contributed by atoms with Gasteiger partial charge in [0.05, 0.1) is 0 Å². The van der Waals surface area contributed by atoms with Gasteiger partial charge in [0.2, 0.25) is 0 Å². The van der Waals surface area contributed by atoms with Crippen molar-refractivity contribution in [1.29, 1.82) is 0 Å². The van der Waals surface area contributed by atoms with Crippen LogP contribution < -0.4 is 5.32 Å². The Morgan fingerprint density at radius 3 is 3.07 bits per heavy atom. The molecule has 0 aliphatic carbocycles. The number of aromatic nitrogens is 3. The number of hydrogen-bond acceptors (Lipinski definition) is 3. The fourth-order valence-corrected chi connectivity index (χ4v) is 2.25. The molecule has 0 radical (unpaired) electrons. The van der Waals surface area contributed by atoms with Crippen LogP contribution in [0.5, 0.6) is 0 Å². The molecule has 1 aromatic heterocycles. The first-order chi connectivity index (χ1) is 6.86. The molecule has 4 heteroatoms. The molecule has 1 atom stereocenters. The SMILES string of the molecule is CCc1nnc2n1C(CNC)CCC2. The van der Waals surface area contributed by atoms with Gasteiger partial charge in [0.15, 0.2) is 0 Å². The van der Waals surface area contributed by atoms with Gasteiger partial charge in [-0.05, 0) is 19.9 Å². The van der Waals surface area contributed by atoms with Crippen molar-refractivity contribution in [3.05, 3.63) is 11.6 Å². The van der Waals surface area contributed by atoms with Gasteiger partial charge in [-0.2, -0.15) is 0 Å². The van der Waals surface area contributed by atoms with Gasteiger partial charge in [0.1, 0.15) is 11.6 Å². The van der Waals surface area contributed by atoms with Crippen LogP contribution in [-0.4, -0.2) is 28.4 Å². The number of nitrogens with one attached hydrogen (secondary N) is 1. The van der Waals surface area contributed by atoms with E-state index in [0.29, 0.717) is 6.04 Å². The predicted molar refractivity (Wildman–Crippen MR) is 55.3 cm³/mol. The van der Waals surface area contributed by atoms with Crippen molar-refractivity contribution >= 4 is 0 Å².